The van der Waals surface area contributed by atoms with Crippen LogP contribution in [-0.2, 0) is 6.42 Å². The van der Waals surface area contributed by atoms with Crippen molar-refractivity contribution in [3.63, 3.8) is 0 Å². The maximum Gasteiger partial charge on any atom is 0.0305 e. The first kappa shape index (κ1) is 11.2. The molecule has 2 aromatic rings. The second kappa shape index (κ2) is 5.13. The summed E-state index contributed by atoms with van der Waals surface area (Å²) in [7, 11) is 0. The number of rotatable bonds is 3. The SMILES string of the molecule is CC(C)=C(Cc1ccccc1)c1cccs1. The average molecular weight is 228 g/mol. The van der Waals surface area contributed by atoms with E-state index in [9.17, 15) is 0 Å². The van der Waals surface area contributed by atoms with Crippen LogP contribution in [-0.4, -0.2) is 0 Å². The van der Waals surface area contributed by atoms with E-state index < -0.39 is 0 Å². The average Bonchev–Trinajstić information content (AvgIpc) is 2.80. The fourth-order valence-electron chi connectivity index (χ4n) is 1.76. The van der Waals surface area contributed by atoms with Gasteiger partial charge in [0.15, 0.2) is 0 Å². The lowest BCUT2D eigenvalue weighted by atomic mass is 10.0. The van der Waals surface area contributed by atoms with Gasteiger partial charge >= 0.3 is 0 Å². The second-order valence-electron chi connectivity index (χ2n) is 4.12. The van der Waals surface area contributed by atoms with Crippen LogP contribution in [0.4, 0.5) is 0 Å². The van der Waals surface area contributed by atoms with Crippen LogP contribution in [0, 0.1) is 0 Å². The van der Waals surface area contributed by atoms with Gasteiger partial charge in [-0.25, -0.2) is 0 Å². The number of hydrogen-bond acceptors (Lipinski definition) is 1. The molecule has 0 atom stereocenters. The molecular weight excluding hydrogens is 212 g/mol. The van der Waals surface area contributed by atoms with Gasteiger partial charge in [-0.1, -0.05) is 42.0 Å². The third kappa shape index (κ3) is 2.61. The molecule has 0 fully saturated rings. The fourth-order valence-corrected chi connectivity index (χ4v) is 2.64. The Morgan fingerprint density at radius 3 is 2.31 bits per heavy atom. The van der Waals surface area contributed by atoms with E-state index in [0.29, 0.717) is 0 Å². The quantitative estimate of drug-likeness (QED) is 0.709. The lowest BCUT2D eigenvalue weighted by molar-refractivity contribution is 1.24. The molecule has 1 heterocycles. The summed E-state index contributed by atoms with van der Waals surface area (Å²) in [6, 6.07) is 15.0. The Morgan fingerprint density at radius 2 is 1.75 bits per heavy atom. The molecule has 0 amide bonds. The number of benzene rings is 1. The first-order valence-electron chi connectivity index (χ1n) is 5.51. The largest absolute Gasteiger partial charge is 0.144 e. The molecule has 0 radical (unpaired) electrons. The predicted molar refractivity (Wildman–Crippen MR) is 72.7 cm³/mol. The van der Waals surface area contributed by atoms with Crippen LogP contribution in [0.5, 0.6) is 0 Å². The van der Waals surface area contributed by atoms with Crippen LogP contribution in [0.15, 0.2) is 53.4 Å². The van der Waals surface area contributed by atoms with Crippen LogP contribution >= 0.6 is 11.3 Å². The monoisotopic (exact) mass is 228 g/mol. The van der Waals surface area contributed by atoms with E-state index in [1.807, 2.05) is 11.3 Å². The molecule has 0 nitrogen and oxygen atoms in total. The minimum absolute atomic E-state index is 1.03. The van der Waals surface area contributed by atoms with Gasteiger partial charge in [-0.3, -0.25) is 0 Å². The summed E-state index contributed by atoms with van der Waals surface area (Å²) in [5, 5.41) is 2.14. The van der Waals surface area contributed by atoms with Gasteiger partial charge in [0.2, 0.25) is 0 Å². The third-order valence-electron chi connectivity index (χ3n) is 2.65. The van der Waals surface area contributed by atoms with Gasteiger partial charge in [0.1, 0.15) is 0 Å². The molecule has 0 aliphatic carbocycles. The third-order valence-corrected chi connectivity index (χ3v) is 3.58. The van der Waals surface area contributed by atoms with Crippen molar-refractivity contribution in [1.29, 1.82) is 0 Å². The molecule has 82 valence electrons. The zero-order chi connectivity index (χ0) is 11.4. The van der Waals surface area contributed by atoms with Gasteiger partial charge in [-0.05, 0) is 42.9 Å². The lowest BCUT2D eigenvalue weighted by Crippen LogP contribution is -1.90. The smallest absolute Gasteiger partial charge is 0.0305 e. The van der Waals surface area contributed by atoms with Crippen molar-refractivity contribution in [2.45, 2.75) is 20.3 Å². The molecule has 0 unspecified atom stereocenters. The maximum absolute atomic E-state index is 2.20. The van der Waals surface area contributed by atoms with E-state index in [0.717, 1.165) is 6.42 Å². The Morgan fingerprint density at radius 1 is 1.00 bits per heavy atom. The van der Waals surface area contributed by atoms with Crippen molar-refractivity contribution >= 4 is 16.9 Å². The molecule has 0 bridgehead atoms. The van der Waals surface area contributed by atoms with Gasteiger partial charge in [0.25, 0.3) is 0 Å². The van der Waals surface area contributed by atoms with Crippen LogP contribution in [0.2, 0.25) is 0 Å². The van der Waals surface area contributed by atoms with Crippen molar-refractivity contribution in [3.8, 4) is 0 Å². The number of allylic oxidation sites excluding steroid dienone is 2. The highest BCUT2D eigenvalue weighted by Crippen LogP contribution is 2.26. The topological polar surface area (TPSA) is 0 Å². The Bertz CT molecular complexity index is 459. The van der Waals surface area contributed by atoms with Crippen LogP contribution in [0.3, 0.4) is 0 Å². The molecule has 1 heteroatoms. The van der Waals surface area contributed by atoms with E-state index in [1.165, 1.54) is 21.6 Å². The summed E-state index contributed by atoms with van der Waals surface area (Å²) in [6.07, 6.45) is 1.03. The van der Waals surface area contributed by atoms with Gasteiger partial charge in [0, 0.05) is 4.88 Å². The van der Waals surface area contributed by atoms with Crippen LogP contribution in [0.25, 0.3) is 5.57 Å². The lowest BCUT2D eigenvalue weighted by Gasteiger charge is -2.08. The Kier molecular flexibility index (Phi) is 3.58. The van der Waals surface area contributed by atoms with Crippen molar-refractivity contribution in [3.05, 3.63) is 63.9 Å². The molecule has 0 aliphatic rings. The number of hydrogen-bond donors (Lipinski definition) is 0. The maximum atomic E-state index is 2.20. The minimum Gasteiger partial charge on any atom is -0.144 e. The normalized spacial score (nSPS) is 10.1. The summed E-state index contributed by atoms with van der Waals surface area (Å²) < 4.78 is 0. The molecule has 1 aromatic heterocycles. The highest BCUT2D eigenvalue weighted by Gasteiger charge is 2.05. The van der Waals surface area contributed by atoms with Crippen molar-refractivity contribution in [2.75, 3.05) is 0 Å². The van der Waals surface area contributed by atoms with Crippen LogP contribution < -0.4 is 0 Å². The molecular formula is C15H16S. The van der Waals surface area contributed by atoms with Gasteiger partial charge in [0.05, 0.1) is 0 Å². The van der Waals surface area contributed by atoms with Gasteiger partial charge in [-0.2, -0.15) is 0 Å². The van der Waals surface area contributed by atoms with Crippen molar-refractivity contribution < 1.29 is 0 Å². The summed E-state index contributed by atoms with van der Waals surface area (Å²) in [6.45, 7) is 4.38. The van der Waals surface area contributed by atoms with Gasteiger partial charge < -0.3 is 0 Å². The van der Waals surface area contributed by atoms with Gasteiger partial charge in [-0.15, -0.1) is 11.3 Å². The summed E-state index contributed by atoms with van der Waals surface area (Å²) in [4.78, 5) is 1.39. The first-order valence-corrected chi connectivity index (χ1v) is 6.39. The Balaban J connectivity index is 2.28. The molecule has 0 aliphatic heterocycles. The fraction of sp³-hybridized carbons (Fsp3) is 0.200. The molecule has 16 heavy (non-hydrogen) atoms. The van der Waals surface area contributed by atoms with E-state index in [1.54, 1.807) is 0 Å². The second-order valence-corrected chi connectivity index (χ2v) is 5.07. The summed E-state index contributed by atoms with van der Waals surface area (Å²) >= 11 is 1.82. The molecule has 0 saturated carbocycles. The zero-order valence-electron chi connectivity index (χ0n) is 9.73. The minimum atomic E-state index is 1.03. The highest BCUT2D eigenvalue weighted by atomic mass is 32.1. The van der Waals surface area contributed by atoms with Crippen molar-refractivity contribution in [2.24, 2.45) is 0 Å². The Labute approximate surface area is 101 Å². The summed E-state index contributed by atoms with van der Waals surface area (Å²) in [5.41, 5.74) is 4.25. The standard InChI is InChI=1S/C15H16S/c1-12(2)14(15-9-6-10-16-15)11-13-7-4-3-5-8-13/h3-10H,11H2,1-2H3. The molecule has 1 aromatic carbocycles. The van der Waals surface area contributed by atoms with E-state index in [4.69, 9.17) is 0 Å². The highest BCUT2D eigenvalue weighted by molar-refractivity contribution is 7.11. The molecule has 2 rings (SSSR count). The van der Waals surface area contributed by atoms with E-state index in [-0.39, 0.29) is 0 Å². The molecule has 0 saturated heterocycles. The summed E-state index contributed by atoms with van der Waals surface area (Å²) in [5.74, 6) is 0. The van der Waals surface area contributed by atoms with Crippen LogP contribution in [0.1, 0.15) is 24.3 Å². The zero-order valence-corrected chi connectivity index (χ0v) is 10.6. The molecule has 0 N–H and O–H groups in total. The Hall–Kier alpha value is -1.34. The first-order chi connectivity index (χ1) is 7.77. The van der Waals surface area contributed by atoms with E-state index >= 15 is 0 Å². The number of thiophene rings is 1. The predicted octanol–water partition coefficient (Wildman–Crippen LogP) is 4.78. The van der Waals surface area contributed by atoms with Crippen molar-refractivity contribution in [1.82, 2.24) is 0 Å². The van der Waals surface area contributed by atoms with E-state index in [2.05, 4.69) is 61.7 Å². The molecule has 0 spiro atoms.